The normalized spacial score (nSPS) is 11.7. The van der Waals surface area contributed by atoms with Crippen molar-refractivity contribution in [2.24, 2.45) is 0 Å². The monoisotopic (exact) mass is 288 g/mol. The fourth-order valence-corrected chi connectivity index (χ4v) is 1.83. The minimum absolute atomic E-state index is 0.126. The summed E-state index contributed by atoms with van der Waals surface area (Å²) in [4.78, 5) is 26.9. The molecule has 5 nitrogen and oxygen atoms in total. The zero-order valence-electron chi connectivity index (χ0n) is 11.0. The highest BCUT2D eigenvalue weighted by atomic mass is 19.1. The lowest BCUT2D eigenvalue weighted by Crippen LogP contribution is -2.42. The predicted molar refractivity (Wildman–Crippen MR) is 73.2 cm³/mol. The first-order chi connectivity index (χ1) is 10.1. The average Bonchev–Trinajstić information content (AvgIpc) is 2.49. The van der Waals surface area contributed by atoms with Gasteiger partial charge in [0.05, 0.1) is 0 Å². The molecule has 0 radical (unpaired) electrons. The van der Waals surface area contributed by atoms with Crippen LogP contribution >= 0.6 is 0 Å². The first kappa shape index (κ1) is 14.6. The SMILES string of the molecule is O=C(NC(Cc1ccccc1F)C(=O)O)c1ccncc1. The van der Waals surface area contributed by atoms with Crippen LogP contribution in [0.2, 0.25) is 0 Å². The van der Waals surface area contributed by atoms with Gasteiger partial charge in [0.2, 0.25) is 0 Å². The van der Waals surface area contributed by atoms with Crippen molar-refractivity contribution >= 4 is 11.9 Å². The molecule has 2 rings (SSSR count). The second kappa shape index (κ2) is 6.60. The van der Waals surface area contributed by atoms with Crippen LogP contribution in [0.5, 0.6) is 0 Å². The van der Waals surface area contributed by atoms with E-state index in [1.165, 1.54) is 42.7 Å². The molecule has 2 N–H and O–H groups in total. The number of benzene rings is 1. The molecule has 1 aromatic heterocycles. The Balaban J connectivity index is 2.12. The maximum absolute atomic E-state index is 13.6. The van der Waals surface area contributed by atoms with Crippen LogP contribution in [-0.4, -0.2) is 28.0 Å². The van der Waals surface area contributed by atoms with E-state index in [2.05, 4.69) is 10.3 Å². The molecule has 21 heavy (non-hydrogen) atoms. The lowest BCUT2D eigenvalue weighted by atomic mass is 10.0. The Labute approximate surface area is 120 Å². The van der Waals surface area contributed by atoms with Crippen molar-refractivity contribution in [2.45, 2.75) is 12.5 Å². The third kappa shape index (κ3) is 3.85. The van der Waals surface area contributed by atoms with Gasteiger partial charge in [-0.15, -0.1) is 0 Å². The number of pyridine rings is 1. The first-order valence-electron chi connectivity index (χ1n) is 6.25. The quantitative estimate of drug-likeness (QED) is 0.876. The number of hydrogen-bond donors (Lipinski definition) is 2. The minimum Gasteiger partial charge on any atom is -0.480 e. The van der Waals surface area contributed by atoms with E-state index in [9.17, 15) is 19.1 Å². The number of carbonyl (C=O) groups is 2. The lowest BCUT2D eigenvalue weighted by Gasteiger charge is -2.15. The summed E-state index contributed by atoms with van der Waals surface area (Å²) in [5, 5.41) is 11.5. The number of hydrogen-bond acceptors (Lipinski definition) is 3. The van der Waals surface area contributed by atoms with Crippen LogP contribution in [0.15, 0.2) is 48.8 Å². The Morgan fingerprint density at radius 1 is 1.19 bits per heavy atom. The maximum Gasteiger partial charge on any atom is 0.326 e. The van der Waals surface area contributed by atoms with Gasteiger partial charge in [-0.05, 0) is 23.8 Å². The topological polar surface area (TPSA) is 79.3 Å². The number of carboxylic acid groups (broad SMARTS) is 1. The van der Waals surface area contributed by atoms with Crippen LogP contribution in [0, 0.1) is 5.82 Å². The van der Waals surface area contributed by atoms with Crippen LogP contribution in [0.25, 0.3) is 0 Å². The fraction of sp³-hybridized carbons (Fsp3) is 0.133. The van der Waals surface area contributed by atoms with Gasteiger partial charge in [0.1, 0.15) is 11.9 Å². The molecule has 108 valence electrons. The molecule has 1 aromatic carbocycles. The molecule has 1 heterocycles. The van der Waals surface area contributed by atoms with Crippen molar-refractivity contribution in [1.82, 2.24) is 10.3 Å². The van der Waals surface area contributed by atoms with Crippen molar-refractivity contribution in [3.8, 4) is 0 Å². The number of carboxylic acids is 1. The summed E-state index contributed by atoms with van der Waals surface area (Å²) in [7, 11) is 0. The second-order valence-corrected chi connectivity index (χ2v) is 4.40. The summed E-state index contributed by atoms with van der Waals surface area (Å²) in [5.74, 6) is -2.26. The van der Waals surface area contributed by atoms with Crippen LogP contribution in [0.1, 0.15) is 15.9 Å². The molecule has 6 heteroatoms. The van der Waals surface area contributed by atoms with Crippen molar-refractivity contribution in [3.63, 3.8) is 0 Å². The van der Waals surface area contributed by atoms with E-state index in [0.29, 0.717) is 5.56 Å². The predicted octanol–water partition coefficient (Wildman–Crippen LogP) is 1.65. The van der Waals surface area contributed by atoms with Crippen molar-refractivity contribution in [1.29, 1.82) is 0 Å². The molecule has 1 unspecified atom stereocenters. The summed E-state index contributed by atoms with van der Waals surface area (Å²) in [5.41, 5.74) is 0.532. The summed E-state index contributed by atoms with van der Waals surface area (Å²) in [6, 6.07) is 7.60. The van der Waals surface area contributed by atoms with Gasteiger partial charge in [-0.2, -0.15) is 0 Å². The van der Waals surface area contributed by atoms with E-state index in [0.717, 1.165) is 0 Å². The number of carbonyl (C=O) groups excluding carboxylic acids is 1. The van der Waals surface area contributed by atoms with Gasteiger partial charge in [0.15, 0.2) is 0 Å². The molecule has 0 bridgehead atoms. The van der Waals surface area contributed by atoms with E-state index in [4.69, 9.17) is 0 Å². The van der Waals surface area contributed by atoms with Gasteiger partial charge >= 0.3 is 5.97 Å². The Morgan fingerprint density at radius 3 is 2.48 bits per heavy atom. The molecule has 0 fully saturated rings. The number of aromatic nitrogens is 1. The van der Waals surface area contributed by atoms with E-state index >= 15 is 0 Å². The lowest BCUT2D eigenvalue weighted by molar-refractivity contribution is -0.139. The Kier molecular flexibility index (Phi) is 4.61. The van der Waals surface area contributed by atoms with Gasteiger partial charge in [0, 0.05) is 24.4 Å². The molecule has 1 amide bonds. The van der Waals surface area contributed by atoms with E-state index in [1.807, 2.05) is 0 Å². The van der Waals surface area contributed by atoms with Crippen LogP contribution in [0.3, 0.4) is 0 Å². The van der Waals surface area contributed by atoms with Crippen LogP contribution in [-0.2, 0) is 11.2 Å². The average molecular weight is 288 g/mol. The molecule has 1 atom stereocenters. The van der Waals surface area contributed by atoms with Crippen LogP contribution < -0.4 is 5.32 Å². The molecule has 2 aromatic rings. The molecule has 0 saturated heterocycles. The van der Waals surface area contributed by atoms with Gasteiger partial charge in [-0.25, -0.2) is 9.18 Å². The molecular formula is C15H13FN2O3. The number of aliphatic carboxylic acids is 1. The third-order valence-electron chi connectivity index (χ3n) is 2.93. The maximum atomic E-state index is 13.6. The molecule has 0 aliphatic heterocycles. The standard InChI is InChI=1S/C15H13FN2O3/c16-12-4-2-1-3-11(12)9-13(15(20)21)18-14(19)10-5-7-17-8-6-10/h1-8,13H,9H2,(H,18,19)(H,20,21). The first-order valence-corrected chi connectivity index (χ1v) is 6.25. The number of nitrogens with zero attached hydrogens (tertiary/aromatic N) is 1. The van der Waals surface area contributed by atoms with Gasteiger partial charge in [0.25, 0.3) is 5.91 Å². The van der Waals surface area contributed by atoms with Crippen molar-refractivity contribution < 1.29 is 19.1 Å². The second-order valence-electron chi connectivity index (χ2n) is 4.40. The van der Waals surface area contributed by atoms with Crippen LogP contribution in [0.4, 0.5) is 4.39 Å². The van der Waals surface area contributed by atoms with Crippen molar-refractivity contribution in [3.05, 3.63) is 65.7 Å². The van der Waals surface area contributed by atoms with Crippen molar-refractivity contribution in [2.75, 3.05) is 0 Å². The summed E-state index contributed by atoms with van der Waals surface area (Å²) >= 11 is 0. The zero-order chi connectivity index (χ0) is 15.2. The van der Waals surface area contributed by atoms with E-state index in [-0.39, 0.29) is 12.0 Å². The fourth-order valence-electron chi connectivity index (χ4n) is 1.83. The number of rotatable bonds is 5. The Morgan fingerprint density at radius 2 is 1.86 bits per heavy atom. The number of halogens is 1. The number of amides is 1. The van der Waals surface area contributed by atoms with Gasteiger partial charge in [-0.1, -0.05) is 18.2 Å². The summed E-state index contributed by atoms with van der Waals surface area (Å²) in [6.07, 6.45) is 2.74. The smallest absolute Gasteiger partial charge is 0.326 e. The zero-order valence-corrected chi connectivity index (χ0v) is 11.0. The molecule has 0 spiro atoms. The van der Waals surface area contributed by atoms with E-state index in [1.54, 1.807) is 6.07 Å². The summed E-state index contributed by atoms with van der Waals surface area (Å²) < 4.78 is 13.6. The Hall–Kier alpha value is -2.76. The highest BCUT2D eigenvalue weighted by Gasteiger charge is 2.22. The summed E-state index contributed by atoms with van der Waals surface area (Å²) in [6.45, 7) is 0. The Bertz CT molecular complexity index is 646. The van der Waals surface area contributed by atoms with Gasteiger partial charge in [-0.3, -0.25) is 9.78 Å². The molecule has 0 aliphatic rings. The van der Waals surface area contributed by atoms with Gasteiger partial charge < -0.3 is 10.4 Å². The third-order valence-corrected chi connectivity index (χ3v) is 2.93. The molecule has 0 saturated carbocycles. The highest BCUT2D eigenvalue weighted by molar-refractivity contribution is 5.96. The number of nitrogens with one attached hydrogen (secondary N) is 1. The minimum atomic E-state index is -1.22. The highest BCUT2D eigenvalue weighted by Crippen LogP contribution is 2.10. The molecular weight excluding hydrogens is 275 g/mol. The largest absolute Gasteiger partial charge is 0.480 e. The van der Waals surface area contributed by atoms with E-state index < -0.39 is 23.7 Å². The molecule has 0 aliphatic carbocycles.